The summed E-state index contributed by atoms with van der Waals surface area (Å²) in [6.45, 7) is 18.7. The van der Waals surface area contributed by atoms with Crippen molar-refractivity contribution in [3.8, 4) is 0 Å². The molecule has 1 atom stereocenters. The van der Waals surface area contributed by atoms with Crippen molar-refractivity contribution in [2.45, 2.75) is 68.2 Å². The van der Waals surface area contributed by atoms with Crippen molar-refractivity contribution in [1.29, 1.82) is 0 Å². The largest absolute Gasteiger partial charge is 0.176 e. The van der Waals surface area contributed by atoms with Gasteiger partial charge in [0.1, 0.15) is 0 Å². The van der Waals surface area contributed by atoms with E-state index in [1.807, 2.05) is 0 Å². The Labute approximate surface area is 278 Å². The Morgan fingerprint density at radius 2 is 0.826 bits per heavy atom. The number of hydrogen-bond donors (Lipinski definition) is 0. The molecule has 0 bridgehead atoms. The van der Waals surface area contributed by atoms with E-state index < -0.39 is 8.07 Å². The molecule has 0 amide bonds. The Hall–Kier alpha value is -4.20. The van der Waals surface area contributed by atoms with Crippen molar-refractivity contribution >= 4 is 23.6 Å². The van der Waals surface area contributed by atoms with Crippen LogP contribution in [-0.2, 0) is 12.8 Å². The number of rotatable bonds is 8. The summed E-state index contributed by atoms with van der Waals surface area (Å²) < 4.78 is 0. The normalized spacial score (nSPS) is 15.2. The summed E-state index contributed by atoms with van der Waals surface area (Å²) in [7, 11) is -2.79. The van der Waals surface area contributed by atoms with E-state index >= 15 is 0 Å². The summed E-state index contributed by atoms with van der Waals surface area (Å²) in [6.07, 6.45) is 1.84. The Morgan fingerprint density at radius 3 is 1.20 bits per heavy atom. The zero-order valence-electron chi connectivity index (χ0n) is 29.0. The summed E-state index contributed by atoms with van der Waals surface area (Å²) in [5.74, 6) is 0.378. The third kappa shape index (κ3) is 6.01. The van der Waals surface area contributed by atoms with Crippen LogP contribution in [0.5, 0.6) is 0 Å². The highest BCUT2D eigenvalue weighted by atomic mass is 28.3. The van der Waals surface area contributed by atoms with E-state index in [1.54, 1.807) is 5.20 Å². The Balaban J connectivity index is 1.75. The first kappa shape index (κ1) is 31.8. The molecule has 0 N–H and O–H groups in total. The molecule has 6 rings (SSSR count). The lowest BCUT2D eigenvalue weighted by atomic mass is 9.99. The van der Waals surface area contributed by atoms with Gasteiger partial charge in [0, 0.05) is 0 Å². The van der Waals surface area contributed by atoms with Gasteiger partial charge >= 0.3 is 0 Å². The first-order valence-electron chi connectivity index (χ1n) is 16.8. The van der Waals surface area contributed by atoms with Gasteiger partial charge < -0.3 is 0 Å². The average Bonchev–Trinajstić information content (AvgIpc) is 3.20. The monoisotopic (exact) mass is 616 g/mol. The van der Waals surface area contributed by atoms with Crippen LogP contribution < -0.4 is 15.6 Å². The fourth-order valence-corrected chi connectivity index (χ4v) is 14.3. The second kappa shape index (κ2) is 12.9. The summed E-state index contributed by atoms with van der Waals surface area (Å²) in [5.41, 5.74) is 15.3. The third-order valence-electron chi connectivity index (χ3n) is 10.3. The molecule has 232 valence electrons. The van der Waals surface area contributed by atoms with Crippen LogP contribution in [0.15, 0.2) is 137 Å². The molecule has 0 heterocycles. The second-order valence-electron chi connectivity index (χ2n) is 13.9. The van der Waals surface area contributed by atoms with Crippen molar-refractivity contribution in [2.75, 3.05) is 0 Å². The molecule has 1 unspecified atom stereocenters. The highest BCUT2D eigenvalue weighted by molar-refractivity contribution is 7.16. The summed E-state index contributed by atoms with van der Waals surface area (Å²) in [4.78, 5) is 0. The first-order chi connectivity index (χ1) is 22.1. The number of hydrogen-bond acceptors (Lipinski definition) is 0. The minimum Gasteiger partial charge on any atom is -0.0636 e. The molecule has 5 aromatic rings. The summed E-state index contributed by atoms with van der Waals surface area (Å²) in [6, 6.07) is 44.4. The van der Waals surface area contributed by atoms with Crippen LogP contribution in [0.2, 0.25) is 0 Å². The lowest BCUT2D eigenvalue weighted by Crippen LogP contribution is -2.70. The molecule has 0 radical (unpaired) electrons. The molecule has 0 saturated carbocycles. The van der Waals surface area contributed by atoms with Crippen molar-refractivity contribution < 1.29 is 0 Å². The summed E-state index contributed by atoms with van der Waals surface area (Å²) in [5, 5.41) is 6.16. The molecule has 0 aromatic heterocycles. The molecule has 0 saturated heterocycles. The van der Waals surface area contributed by atoms with E-state index in [-0.39, 0.29) is 0 Å². The molecule has 0 nitrogen and oxygen atoms in total. The van der Waals surface area contributed by atoms with E-state index in [4.69, 9.17) is 0 Å². The highest BCUT2D eigenvalue weighted by Gasteiger charge is 2.48. The number of benzene rings is 5. The summed E-state index contributed by atoms with van der Waals surface area (Å²) >= 11 is 0. The fraction of sp³-hybridized carbons (Fsp3) is 0.244. The van der Waals surface area contributed by atoms with Gasteiger partial charge in [-0.2, -0.15) is 0 Å². The third-order valence-corrected chi connectivity index (χ3v) is 15.4. The van der Waals surface area contributed by atoms with Gasteiger partial charge in [-0.1, -0.05) is 161 Å². The smallest absolute Gasteiger partial charge is 0.0636 e. The van der Waals surface area contributed by atoms with Gasteiger partial charge in [0.05, 0.1) is 0 Å². The predicted molar refractivity (Wildman–Crippen MR) is 202 cm³/mol. The van der Waals surface area contributed by atoms with Crippen LogP contribution in [0.1, 0.15) is 72.2 Å². The van der Waals surface area contributed by atoms with E-state index in [2.05, 4.69) is 171 Å². The van der Waals surface area contributed by atoms with Gasteiger partial charge in [-0.15, -0.1) is 0 Å². The second-order valence-corrected chi connectivity index (χ2v) is 17.7. The highest BCUT2D eigenvalue weighted by Crippen LogP contribution is 2.41. The van der Waals surface area contributed by atoms with Crippen molar-refractivity contribution in [1.82, 2.24) is 0 Å². The quantitative estimate of drug-likeness (QED) is 0.120. The molecule has 0 aliphatic heterocycles. The SMILES string of the molecule is CC1=C(C)C(C)C([Si](c2cc(C)cc(C)c2)(c2cc(C)cc(C)c2)c2cc(Cc3ccccc3)cc(Cc3ccccc3)c2)=C1C. The van der Waals surface area contributed by atoms with Gasteiger partial charge in [0.2, 0.25) is 0 Å². The standard InChI is InChI=1S/C45H48Si/c1-30-19-31(2)22-42(21-30)46(43-23-32(3)20-33(4)24-43,45-36(7)34(5)35(6)37(45)8)44-28-40(25-38-15-11-9-12-16-38)27-41(29-44)26-39-17-13-10-14-18-39/h9-24,27-29,36H,25-26H2,1-8H3. The van der Waals surface area contributed by atoms with E-state index in [1.165, 1.54) is 76.8 Å². The van der Waals surface area contributed by atoms with Crippen LogP contribution >= 0.6 is 0 Å². The molecule has 1 heteroatoms. The van der Waals surface area contributed by atoms with E-state index in [0.717, 1.165) is 12.8 Å². The lowest BCUT2D eigenvalue weighted by Gasteiger charge is -2.40. The molecule has 1 aliphatic carbocycles. The average molecular weight is 617 g/mol. The Morgan fingerprint density at radius 1 is 0.435 bits per heavy atom. The maximum atomic E-state index is 2.60. The van der Waals surface area contributed by atoms with Crippen LogP contribution in [0.25, 0.3) is 0 Å². The van der Waals surface area contributed by atoms with Gasteiger partial charge in [0.15, 0.2) is 8.07 Å². The maximum absolute atomic E-state index is 2.79. The zero-order chi connectivity index (χ0) is 32.6. The van der Waals surface area contributed by atoms with Gasteiger partial charge in [-0.25, -0.2) is 0 Å². The molecule has 5 aromatic carbocycles. The molecule has 0 spiro atoms. The van der Waals surface area contributed by atoms with E-state index in [9.17, 15) is 0 Å². The van der Waals surface area contributed by atoms with Gasteiger partial charge in [-0.05, 0) is 111 Å². The van der Waals surface area contributed by atoms with Gasteiger partial charge in [-0.3, -0.25) is 0 Å². The molecule has 46 heavy (non-hydrogen) atoms. The van der Waals surface area contributed by atoms with Crippen LogP contribution in [0.4, 0.5) is 0 Å². The zero-order valence-corrected chi connectivity index (χ0v) is 30.0. The van der Waals surface area contributed by atoms with Crippen molar-refractivity contribution in [2.24, 2.45) is 5.92 Å². The lowest BCUT2D eigenvalue weighted by molar-refractivity contribution is 0.851. The fourth-order valence-electron chi connectivity index (χ4n) is 8.17. The molecular weight excluding hydrogens is 569 g/mol. The first-order valence-corrected chi connectivity index (χ1v) is 18.8. The Kier molecular flexibility index (Phi) is 8.90. The van der Waals surface area contributed by atoms with Crippen LogP contribution in [0, 0.1) is 33.6 Å². The van der Waals surface area contributed by atoms with Crippen LogP contribution in [-0.4, -0.2) is 8.07 Å². The van der Waals surface area contributed by atoms with E-state index in [0.29, 0.717) is 5.92 Å². The minimum absolute atomic E-state index is 0.378. The Bertz CT molecular complexity index is 1800. The minimum atomic E-state index is -2.79. The van der Waals surface area contributed by atoms with Gasteiger partial charge in [0.25, 0.3) is 0 Å². The number of aryl methyl sites for hydroxylation is 4. The maximum Gasteiger partial charge on any atom is 0.176 e. The predicted octanol–water partition coefficient (Wildman–Crippen LogP) is 9.41. The topological polar surface area (TPSA) is 0 Å². The molecule has 1 aliphatic rings. The number of allylic oxidation sites excluding steroid dienone is 4. The molecular formula is C45H48Si. The van der Waals surface area contributed by atoms with Crippen molar-refractivity contribution in [3.63, 3.8) is 0 Å². The van der Waals surface area contributed by atoms with Crippen LogP contribution in [0.3, 0.4) is 0 Å². The van der Waals surface area contributed by atoms with Crippen molar-refractivity contribution in [3.05, 3.63) is 182 Å². The molecule has 0 fully saturated rings.